The Balaban J connectivity index is 1.87. The fourth-order valence-corrected chi connectivity index (χ4v) is 2.35. The highest BCUT2D eigenvalue weighted by atomic mass is 35.5. The summed E-state index contributed by atoms with van der Waals surface area (Å²) in [5.41, 5.74) is -1.33. The lowest BCUT2D eigenvalue weighted by Gasteiger charge is -2.11. The van der Waals surface area contributed by atoms with Gasteiger partial charge in [0.1, 0.15) is 5.69 Å². The summed E-state index contributed by atoms with van der Waals surface area (Å²) in [6, 6.07) is 8.60. The minimum atomic E-state index is -4.66. The highest BCUT2D eigenvalue weighted by Gasteiger charge is 2.32. The van der Waals surface area contributed by atoms with E-state index in [9.17, 15) is 28.1 Å². The number of alkyl halides is 3. The van der Waals surface area contributed by atoms with Crippen LogP contribution in [0.15, 0.2) is 42.5 Å². The molecule has 0 aromatic heterocycles. The summed E-state index contributed by atoms with van der Waals surface area (Å²) in [4.78, 5) is 22.0. The molecule has 6 nitrogen and oxygen atoms in total. The maximum absolute atomic E-state index is 12.7. The summed E-state index contributed by atoms with van der Waals surface area (Å²) in [5.74, 6) is -0.299. The summed E-state index contributed by atoms with van der Waals surface area (Å²) in [7, 11) is 0. The molecule has 0 saturated carbocycles. The first-order chi connectivity index (χ1) is 12.7. The highest BCUT2D eigenvalue weighted by molar-refractivity contribution is 6.30. The van der Waals surface area contributed by atoms with Gasteiger partial charge < -0.3 is 10.6 Å². The highest BCUT2D eigenvalue weighted by Crippen LogP contribution is 2.34. The zero-order valence-electron chi connectivity index (χ0n) is 13.8. The van der Waals surface area contributed by atoms with Gasteiger partial charge in [-0.05, 0) is 42.8 Å². The Labute approximate surface area is 157 Å². The van der Waals surface area contributed by atoms with Gasteiger partial charge in [0.25, 0.3) is 11.6 Å². The molecule has 0 aliphatic carbocycles. The number of hydrogen-bond acceptors (Lipinski definition) is 4. The van der Waals surface area contributed by atoms with Crippen molar-refractivity contribution in [2.75, 3.05) is 18.4 Å². The number of rotatable bonds is 7. The summed E-state index contributed by atoms with van der Waals surface area (Å²) in [5, 5.41) is 16.9. The Morgan fingerprint density at radius 1 is 1.11 bits per heavy atom. The van der Waals surface area contributed by atoms with Crippen molar-refractivity contribution >= 4 is 28.9 Å². The number of halogens is 4. The number of nitrogens with zero attached hydrogens (tertiary/aromatic N) is 1. The van der Waals surface area contributed by atoms with Crippen LogP contribution in [0.4, 0.5) is 24.5 Å². The van der Waals surface area contributed by atoms with Crippen LogP contribution in [0.5, 0.6) is 0 Å². The number of carbonyl (C=O) groups excluding carboxylic acids is 1. The zero-order chi connectivity index (χ0) is 20.0. The van der Waals surface area contributed by atoms with Crippen LogP contribution in [0.2, 0.25) is 5.02 Å². The molecule has 2 N–H and O–H groups in total. The first kappa shape index (κ1) is 20.5. The second-order valence-corrected chi connectivity index (χ2v) is 5.97. The quantitative estimate of drug-likeness (QED) is 0.406. The smallest absolute Gasteiger partial charge is 0.379 e. The van der Waals surface area contributed by atoms with Crippen LogP contribution in [-0.4, -0.2) is 23.9 Å². The lowest BCUT2D eigenvalue weighted by molar-refractivity contribution is -0.384. The van der Waals surface area contributed by atoms with Gasteiger partial charge in [0.2, 0.25) is 0 Å². The second kappa shape index (κ2) is 8.72. The van der Waals surface area contributed by atoms with Gasteiger partial charge in [-0.1, -0.05) is 11.6 Å². The van der Waals surface area contributed by atoms with E-state index >= 15 is 0 Å². The lowest BCUT2D eigenvalue weighted by Crippen LogP contribution is -2.25. The summed E-state index contributed by atoms with van der Waals surface area (Å²) >= 11 is 5.74. The van der Waals surface area contributed by atoms with Crippen molar-refractivity contribution in [2.45, 2.75) is 12.6 Å². The van der Waals surface area contributed by atoms with Gasteiger partial charge >= 0.3 is 6.18 Å². The molecule has 144 valence electrons. The van der Waals surface area contributed by atoms with E-state index in [0.717, 1.165) is 12.1 Å². The number of hydrogen-bond donors (Lipinski definition) is 2. The zero-order valence-corrected chi connectivity index (χ0v) is 14.6. The van der Waals surface area contributed by atoms with Crippen molar-refractivity contribution in [1.29, 1.82) is 0 Å². The Morgan fingerprint density at radius 3 is 2.37 bits per heavy atom. The largest absolute Gasteiger partial charge is 0.416 e. The predicted octanol–water partition coefficient (Wildman–Crippen LogP) is 4.50. The van der Waals surface area contributed by atoms with Gasteiger partial charge in [-0.3, -0.25) is 14.9 Å². The first-order valence-corrected chi connectivity index (χ1v) is 8.19. The van der Waals surface area contributed by atoms with Crippen molar-refractivity contribution in [2.24, 2.45) is 0 Å². The molecule has 0 heterocycles. The van der Waals surface area contributed by atoms with Gasteiger partial charge in [0, 0.05) is 29.7 Å². The molecule has 0 aliphatic rings. The van der Waals surface area contributed by atoms with E-state index in [2.05, 4.69) is 10.6 Å². The molecule has 1 amide bonds. The molecule has 0 atom stereocenters. The third-order valence-corrected chi connectivity index (χ3v) is 3.83. The van der Waals surface area contributed by atoms with Crippen molar-refractivity contribution in [1.82, 2.24) is 5.32 Å². The van der Waals surface area contributed by atoms with Crippen LogP contribution < -0.4 is 10.6 Å². The molecule has 2 rings (SSSR count). The summed E-state index contributed by atoms with van der Waals surface area (Å²) in [6.45, 7) is 0.510. The van der Waals surface area contributed by atoms with E-state index in [-0.39, 0.29) is 24.7 Å². The normalized spacial score (nSPS) is 11.1. The third-order valence-electron chi connectivity index (χ3n) is 3.58. The van der Waals surface area contributed by atoms with Crippen LogP contribution in [-0.2, 0) is 6.18 Å². The van der Waals surface area contributed by atoms with Gasteiger partial charge in [0.15, 0.2) is 0 Å². The van der Waals surface area contributed by atoms with Crippen molar-refractivity contribution in [3.05, 3.63) is 68.7 Å². The van der Waals surface area contributed by atoms with Gasteiger partial charge in [-0.2, -0.15) is 13.2 Å². The molecule has 2 aromatic carbocycles. The number of nitrogens with one attached hydrogen (secondary N) is 2. The number of nitro benzene ring substituents is 1. The predicted molar refractivity (Wildman–Crippen MR) is 95.0 cm³/mol. The molecule has 0 unspecified atom stereocenters. The van der Waals surface area contributed by atoms with Crippen molar-refractivity contribution < 1.29 is 22.9 Å². The van der Waals surface area contributed by atoms with Crippen molar-refractivity contribution in [3.63, 3.8) is 0 Å². The molecule has 0 spiro atoms. The molecule has 27 heavy (non-hydrogen) atoms. The Bertz CT molecular complexity index is 826. The minimum absolute atomic E-state index is 0.0166. The third kappa shape index (κ3) is 5.85. The van der Waals surface area contributed by atoms with E-state index in [1.165, 1.54) is 0 Å². The number of amides is 1. The standard InChI is InChI=1S/C17H15ClF3N3O3/c18-13-5-2-11(3-6-13)16(25)23-9-1-8-22-14-7-4-12(17(19,20)21)10-15(14)24(26)27/h2-7,10,22H,1,8-9H2,(H,23,25). The molecule has 0 saturated heterocycles. The van der Waals surface area contributed by atoms with Crippen LogP contribution in [0, 0.1) is 10.1 Å². The van der Waals surface area contributed by atoms with Gasteiger partial charge in [0.05, 0.1) is 10.5 Å². The maximum Gasteiger partial charge on any atom is 0.416 e. The average molecular weight is 402 g/mol. The van der Waals surface area contributed by atoms with Crippen LogP contribution in [0.25, 0.3) is 0 Å². The van der Waals surface area contributed by atoms with Crippen LogP contribution in [0.3, 0.4) is 0 Å². The number of nitro groups is 1. The first-order valence-electron chi connectivity index (χ1n) is 7.82. The van der Waals surface area contributed by atoms with Crippen LogP contribution in [0.1, 0.15) is 22.3 Å². The maximum atomic E-state index is 12.7. The molecule has 0 fully saturated rings. The molecule has 10 heteroatoms. The fourth-order valence-electron chi connectivity index (χ4n) is 2.23. The van der Waals surface area contributed by atoms with Crippen LogP contribution >= 0.6 is 11.6 Å². The van der Waals surface area contributed by atoms with E-state index in [1.807, 2.05) is 0 Å². The fraction of sp³-hybridized carbons (Fsp3) is 0.235. The Morgan fingerprint density at radius 2 is 1.78 bits per heavy atom. The molecule has 0 aliphatic heterocycles. The topological polar surface area (TPSA) is 84.3 Å². The monoisotopic (exact) mass is 401 g/mol. The average Bonchev–Trinajstić information content (AvgIpc) is 2.61. The van der Waals surface area contributed by atoms with E-state index in [4.69, 9.17) is 11.6 Å². The summed E-state index contributed by atoms with van der Waals surface area (Å²) < 4.78 is 38.0. The molecular formula is C17H15ClF3N3O3. The number of carbonyl (C=O) groups is 1. The number of anilines is 1. The molecule has 0 bridgehead atoms. The number of benzene rings is 2. The Hall–Kier alpha value is -2.81. The van der Waals surface area contributed by atoms with Crippen molar-refractivity contribution in [3.8, 4) is 0 Å². The minimum Gasteiger partial charge on any atom is -0.379 e. The van der Waals surface area contributed by atoms with E-state index < -0.39 is 22.4 Å². The summed E-state index contributed by atoms with van der Waals surface area (Å²) in [6.07, 6.45) is -4.24. The molecular weight excluding hydrogens is 387 g/mol. The molecule has 0 radical (unpaired) electrons. The lowest BCUT2D eigenvalue weighted by atomic mass is 10.1. The second-order valence-electron chi connectivity index (χ2n) is 5.53. The van der Waals surface area contributed by atoms with E-state index in [1.54, 1.807) is 24.3 Å². The van der Waals surface area contributed by atoms with E-state index in [0.29, 0.717) is 23.1 Å². The SMILES string of the molecule is O=C(NCCCNc1ccc(C(F)(F)F)cc1[N+](=O)[O-])c1ccc(Cl)cc1. The molecule has 2 aromatic rings. The van der Waals surface area contributed by atoms with Gasteiger partial charge in [-0.25, -0.2) is 0 Å². The van der Waals surface area contributed by atoms with Gasteiger partial charge in [-0.15, -0.1) is 0 Å². The Kier molecular flexibility index (Phi) is 6.62.